The largest absolute Gasteiger partial charge is 0.483 e. The third-order valence-corrected chi connectivity index (χ3v) is 9.49. The summed E-state index contributed by atoms with van der Waals surface area (Å²) in [6.07, 6.45) is 4.09. The Morgan fingerprint density at radius 3 is 2.50 bits per heavy atom. The molecule has 4 rings (SSSR count). The highest BCUT2D eigenvalue weighted by Gasteiger charge is 2.34. The molecule has 0 bridgehead atoms. The molecule has 1 aliphatic heterocycles. The molecule has 11 nitrogen and oxygen atoms in total. The van der Waals surface area contributed by atoms with Gasteiger partial charge in [0.2, 0.25) is 10.0 Å². The summed E-state index contributed by atoms with van der Waals surface area (Å²) in [5.74, 6) is 0.293. The number of nitrogens with zero attached hydrogens (tertiary/aromatic N) is 2. The van der Waals surface area contributed by atoms with Crippen molar-refractivity contribution in [3.63, 3.8) is 0 Å². The number of amides is 1. The predicted molar refractivity (Wildman–Crippen MR) is 174 cm³/mol. The molecule has 2 unspecified atom stereocenters. The number of sulfonamides is 1. The molecule has 2 aromatic carbocycles. The number of carbonyl (C=O) groups is 1. The number of carbonyl (C=O) groups excluding carboxylic acids is 1. The number of nitrogen functional groups attached to an aromatic ring is 2. The van der Waals surface area contributed by atoms with E-state index in [0.29, 0.717) is 34.2 Å². The van der Waals surface area contributed by atoms with Gasteiger partial charge in [0, 0.05) is 30.6 Å². The van der Waals surface area contributed by atoms with Crippen LogP contribution in [-0.2, 0) is 21.2 Å². The first-order valence-electron chi connectivity index (χ1n) is 14.5. The van der Waals surface area contributed by atoms with E-state index in [1.807, 2.05) is 51.1 Å². The van der Waals surface area contributed by atoms with Crippen LogP contribution in [0.15, 0.2) is 75.9 Å². The van der Waals surface area contributed by atoms with Gasteiger partial charge in [-0.3, -0.25) is 4.79 Å². The minimum atomic E-state index is -3.98. The first kappa shape index (κ1) is 32.8. The monoisotopic (exact) mass is 622 g/mol. The summed E-state index contributed by atoms with van der Waals surface area (Å²) in [7, 11) is -3.98. The highest BCUT2D eigenvalue weighted by Crippen LogP contribution is 2.33. The Kier molecular flexibility index (Phi) is 10.2. The fourth-order valence-corrected chi connectivity index (χ4v) is 7.05. The lowest BCUT2D eigenvalue weighted by atomic mass is 10.0. The number of nitrogens with two attached hydrogens (primary N) is 3. The number of allylic oxidation sites excluding steroid dienone is 5. The Labute approximate surface area is 259 Å². The Balaban J connectivity index is 1.53. The number of anilines is 2. The molecular weight excluding hydrogens is 580 g/mol. The van der Waals surface area contributed by atoms with E-state index >= 15 is 0 Å². The Morgan fingerprint density at radius 1 is 1.11 bits per heavy atom. The number of ether oxygens (including phenoxy) is 1. The summed E-state index contributed by atoms with van der Waals surface area (Å²) in [6, 6.07) is 10.2. The minimum absolute atomic E-state index is 0.0252. The molecule has 44 heavy (non-hydrogen) atoms. The molecule has 0 saturated heterocycles. The van der Waals surface area contributed by atoms with Gasteiger partial charge < -0.3 is 32.4 Å². The van der Waals surface area contributed by atoms with Gasteiger partial charge >= 0.3 is 0 Å². The van der Waals surface area contributed by atoms with Crippen LogP contribution in [0.25, 0.3) is 0 Å². The van der Waals surface area contributed by atoms with E-state index in [1.54, 1.807) is 31.2 Å². The molecule has 1 heterocycles. The van der Waals surface area contributed by atoms with Gasteiger partial charge in [0.05, 0.1) is 34.1 Å². The minimum Gasteiger partial charge on any atom is -0.483 e. The van der Waals surface area contributed by atoms with Crippen LogP contribution in [0, 0.1) is 19.8 Å². The lowest BCUT2D eigenvalue weighted by Crippen LogP contribution is -2.52. The lowest BCUT2D eigenvalue weighted by Gasteiger charge is -2.31. The van der Waals surface area contributed by atoms with E-state index in [0.717, 1.165) is 16.7 Å². The molecule has 8 N–H and O–H groups in total. The van der Waals surface area contributed by atoms with Crippen molar-refractivity contribution in [2.75, 3.05) is 31.2 Å². The highest BCUT2D eigenvalue weighted by molar-refractivity contribution is 7.93. The van der Waals surface area contributed by atoms with Crippen molar-refractivity contribution in [3.8, 4) is 5.75 Å². The van der Waals surface area contributed by atoms with Crippen LogP contribution in [0.5, 0.6) is 5.75 Å². The smallest absolute Gasteiger partial charge is 0.258 e. The van der Waals surface area contributed by atoms with Crippen molar-refractivity contribution in [1.82, 2.24) is 9.62 Å². The number of rotatable bonds is 13. The molecule has 236 valence electrons. The SMILES string of the molecule is Cc1cc(N)c(N)c(C)c1OCC(=O)NC(Cc1ccccc1)C(O)CN(CC(C)C)S(=O)(=O)C1=CC=C2C=C(N)N=C2C1. The first-order chi connectivity index (χ1) is 20.8. The van der Waals surface area contributed by atoms with Gasteiger partial charge in [-0.2, -0.15) is 4.31 Å². The second kappa shape index (κ2) is 13.7. The van der Waals surface area contributed by atoms with Crippen molar-refractivity contribution < 1.29 is 23.1 Å². The van der Waals surface area contributed by atoms with Crippen LogP contribution < -0.4 is 27.3 Å². The molecule has 12 heteroatoms. The zero-order valence-electron chi connectivity index (χ0n) is 25.6. The maximum Gasteiger partial charge on any atom is 0.258 e. The third kappa shape index (κ3) is 7.68. The van der Waals surface area contributed by atoms with Gasteiger partial charge in [-0.15, -0.1) is 0 Å². The Morgan fingerprint density at radius 2 is 1.82 bits per heavy atom. The summed E-state index contributed by atoms with van der Waals surface area (Å²) < 4.78 is 34.9. The van der Waals surface area contributed by atoms with E-state index < -0.39 is 28.1 Å². The third-order valence-electron chi connectivity index (χ3n) is 7.56. The number of benzene rings is 2. The Bertz CT molecular complexity index is 1630. The van der Waals surface area contributed by atoms with E-state index in [2.05, 4.69) is 10.3 Å². The van der Waals surface area contributed by atoms with Gasteiger partial charge in [0.1, 0.15) is 11.6 Å². The fourth-order valence-electron chi connectivity index (χ4n) is 5.32. The van der Waals surface area contributed by atoms with E-state index in [1.165, 1.54) is 4.31 Å². The summed E-state index contributed by atoms with van der Waals surface area (Å²) in [5.41, 5.74) is 22.2. The normalized spacial score (nSPS) is 16.1. The van der Waals surface area contributed by atoms with Crippen LogP contribution in [0.4, 0.5) is 11.4 Å². The number of aryl methyl sites for hydroxylation is 1. The van der Waals surface area contributed by atoms with Crippen LogP contribution in [0.2, 0.25) is 0 Å². The van der Waals surface area contributed by atoms with Gasteiger partial charge in [-0.25, -0.2) is 13.4 Å². The van der Waals surface area contributed by atoms with E-state index in [9.17, 15) is 18.3 Å². The maximum absolute atomic E-state index is 13.9. The number of hydrogen-bond acceptors (Lipinski definition) is 9. The van der Waals surface area contributed by atoms with Crippen LogP contribution >= 0.6 is 0 Å². The summed E-state index contributed by atoms with van der Waals surface area (Å²) in [5, 5.41) is 14.4. The Hall–Kier alpha value is -4.13. The van der Waals surface area contributed by atoms with Crippen molar-refractivity contribution in [1.29, 1.82) is 0 Å². The second-order valence-electron chi connectivity index (χ2n) is 11.6. The summed E-state index contributed by atoms with van der Waals surface area (Å²) in [4.78, 5) is 17.6. The zero-order chi connectivity index (χ0) is 32.2. The van der Waals surface area contributed by atoms with Gasteiger partial charge in [-0.05, 0) is 55.5 Å². The van der Waals surface area contributed by atoms with Gasteiger partial charge in [-0.1, -0.05) is 50.3 Å². The zero-order valence-corrected chi connectivity index (χ0v) is 26.4. The van der Waals surface area contributed by atoms with Crippen molar-refractivity contribution >= 4 is 33.0 Å². The molecule has 2 atom stereocenters. The van der Waals surface area contributed by atoms with Crippen LogP contribution in [0.3, 0.4) is 0 Å². The number of aliphatic hydroxyl groups excluding tert-OH is 1. The summed E-state index contributed by atoms with van der Waals surface area (Å²) in [6.45, 7) is 6.99. The molecule has 0 saturated carbocycles. The second-order valence-corrected chi connectivity index (χ2v) is 13.6. The van der Waals surface area contributed by atoms with Crippen molar-refractivity contribution in [2.45, 2.75) is 52.7 Å². The molecule has 0 fully saturated rings. The average molecular weight is 623 g/mol. The molecule has 0 radical (unpaired) electrons. The quantitative estimate of drug-likeness (QED) is 0.211. The number of fused-ring (bicyclic) bond motifs is 1. The highest BCUT2D eigenvalue weighted by atomic mass is 32.2. The average Bonchev–Trinajstić information content (AvgIpc) is 3.34. The number of aliphatic hydroxyl groups is 1. The number of hydrogen-bond donors (Lipinski definition) is 5. The standard InChI is InChI=1S/C32H42N6O5S/c1-19(2)16-38(44(41,42)24-11-10-23-14-29(34)36-26(23)15-24)17-28(39)27(13-22-8-6-5-7-9-22)37-30(40)18-43-32-20(3)12-25(33)31(35)21(32)4/h5-12,14,19,27-28,39H,13,15-18,33-35H2,1-4H3,(H,37,40). The van der Waals surface area contributed by atoms with Crippen molar-refractivity contribution in [3.05, 3.63) is 87.6 Å². The number of aliphatic imine (C=N–C) groups is 1. The lowest BCUT2D eigenvalue weighted by molar-refractivity contribution is -0.124. The topological polar surface area (TPSA) is 186 Å². The molecule has 1 aliphatic carbocycles. The van der Waals surface area contributed by atoms with E-state index in [-0.39, 0.29) is 43.4 Å². The van der Waals surface area contributed by atoms with Gasteiger partial charge in [0.15, 0.2) is 6.61 Å². The number of nitrogens with one attached hydrogen (secondary N) is 1. The van der Waals surface area contributed by atoms with Gasteiger partial charge in [0.25, 0.3) is 5.91 Å². The molecular formula is C32H42N6O5S. The fraction of sp³-hybridized carbons (Fsp3) is 0.375. The molecule has 0 spiro atoms. The molecule has 0 aromatic heterocycles. The predicted octanol–water partition coefficient (Wildman–Crippen LogP) is 2.69. The molecule has 2 aliphatic rings. The summed E-state index contributed by atoms with van der Waals surface area (Å²) >= 11 is 0. The molecule has 2 aromatic rings. The molecule has 1 amide bonds. The van der Waals surface area contributed by atoms with Crippen LogP contribution in [0.1, 0.15) is 37.0 Å². The first-order valence-corrected chi connectivity index (χ1v) is 16.0. The van der Waals surface area contributed by atoms with Crippen molar-refractivity contribution in [2.24, 2.45) is 16.6 Å². The van der Waals surface area contributed by atoms with E-state index in [4.69, 9.17) is 21.9 Å². The maximum atomic E-state index is 13.9. The van der Waals surface area contributed by atoms with Crippen LogP contribution in [-0.4, -0.2) is 61.3 Å².